The minimum atomic E-state index is -4.85. The topological polar surface area (TPSA) is 141 Å². The Balaban J connectivity index is 1.68. The van der Waals surface area contributed by atoms with Gasteiger partial charge < -0.3 is 20.0 Å². The fourth-order valence-corrected chi connectivity index (χ4v) is 6.79. The van der Waals surface area contributed by atoms with Crippen molar-refractivity contribution in [2.75, 3.05) is 6.61 Å². The summed E-state index contributed by atoms with van der Waals surface area (Å²) in [4.78, 5) is 42.4. The molecule has 0 aromatic carbocycles. The predicted molar refractivity (Wildman–Crippen MR) is 106 cm³/mol. The van der Waals surface area contributed by atoms with Crippen molar-refractivity contribution >= 4 is 19.4 Å². The Morgan fingerprint density at radius 3 is 2.67 bits per heavy atom. The Morgan fingerprint density at radius 1 is 1.30 bits per heavy atom. The average molecular weight is 438 g/mol. The lowest BCUT2D eigenvalue weighted by atomic mass is 9.48. The van der Waals surface area contributed by atoms with Crippen molar-refractivity contribution in [2.45, 2.75) is 44.8 Å². The molecule has 2 saturated carbocycles. The summed E-state index contributed by atoms with van der Waals surface area (Å²) in [6, 6.07) is 0. The van der Waals surface area contributed by atoms with Crippen molar-refractivity contribution in [1.29, 1.82) is 0 Å². The van der Waals surface area contributed by atoms with E-state index in [4.69, 9.17) is 9.79 Å². The largest absolute Gasteiger partial charge is 0.470 e. The van der Waals surface area contributed by atoms with Crippen LogP contribution >= 0.6 is 7.82 Å². The Bertz CT molecular complexity index is 931. The van der Waals surface area contributed by atoms with Crippen LogP contribution in [0, 0.1) is 28.6 Å². The van der Waals surface area contributed by atoms with Crippen LogP contribution in [-0.4, -0.2) is 49.9 Å². The third kappa shape index (κ3) is 3.05. The maximum absolute atomic E-state index is 12.8. The van der Waals surface area contributed by atoms with E-state index in [2.05, 4.69) is 4.52 Å². The minimum absolute atomic E-state index is 0.0911. The second-order valence-electron chi connectivity index (χ2n) is 9.46. The van der Waals surface area contributed by atoms with Gasteiger partial charge in [-0.3, -0.25) is 14.1 Å². The quantitative estimate of drug-likeness (QED) is 0.484. The first-order valence-corrected chi connectivity index (χ1v) is 11.6. The first-order valence-electron chi connectivity index (χ1n) is 10.1. The molecular formula is C21H27O8P. The molecule has 0 unspecified atom stereocenters. The maximum atomic E-state index is 12.8. The number of Topliss-reactive ketones (excluding diaryl/α,β-unsaturated/α-hetero) is 1. The molecule has 0 aromatic rings. The molecule has 8 nitrogen and oxygen atoms in total. The summed E-state index contributed by atoms with van der Waals surface area (Å²) in [7, 11) is -4.85. The molecule has 2 fully saturated rings. The number of hydrogen-bond donors (Lipinski definition) is 4. The zero-order valence-corrected chi connectivity index (χ0v) is 17.8. The molecule has 0 aliphatic heterocycles. The number of hydrogen-bond acceptors (Lipinski definition) is 6. The molecule has 7 atom stereocenters. The molecule has 0 amide bonds. The number of aliphatic hydroxyl groups is 2. The zero-order chi connectivity index (χ0) is 22.1. The van der Waals surface area contributed by atoms with E-state index in [9.17, 15) is 24.4 Å². The number of phosphoric ester groups is 1. The van der Waals surface area contributed by atoms with E-state index in [1.165, 1.54) is 6.08 Å². The molecule has 0 spiro atoms. The van der Waals surface area contributed by atoms with Gasteiger partial charge >= 0.3 is 7.82 Å². The summed E-state index contributed by atoms with van der Waals surface area (Å²) >= 11 is 0. The van der Waals surface area contributed by atoms with Gasteiger partial charge in [-0.2, -0.15) is 0 Å². The van der Waals surface area contributed by atoms with Crippen molar-refractivity contribution in [3.05, 3.63) is 36.0 Å². The molecule has 9 heteroatoms. The lowest BCUT2D eigenvalue weighted by Crippen LogP contribution is -2.61. The van der Waals surface area contributed by atoms with E-state index in [-0.39, 0.29) is 36.4 Å². The smallest absolute Gasteiger partial charge is 0.393 e. The Morgan fingerprint density at radius 2 is 2.00 bits per heavy atom. The Labute approximate surface area is 174 Å². The van der Waals surface area contributed by atoms with Gasteiger partial charge in [-0.25, -0.2) is 4.57 Å². The van der Waals surface area contributed by atoms with E-state index >= 15 is 0 Å². The van der Waals surface area contributed by atoms with E-state index in [1.807, 2.05) is 25.2 Å². The number of carbonyl (C=O) groups excluding carboxylic acids is 2. The Hall–Kier alpha value is -1.41. The maximum Gasteiger partial charge on any atom is 0.470 e. The summed E-state index contributed by atoms with van der Waals surface area (Å²) in [5.41, 5.74) is -2.50. The molecular weight excluding hydrogens is 411 g/mol. The van der Waals surface area contributed by atoms with Crippen molar-refractivity contribution < 1.29 is 38.7 Å². The molecule has 0 bridgehead atoms. The highest BCUT2D eigenvalue weighted by Crippen LogP contribution is 2.65. The number of rotatable bonds is 4. The first kappa shape index (κ1) is 21.8. The van der Waals surface area contributed by atoms with E-state index < -0.39 is 42.7 Å². The molecule has 0 aromatic heterocycles. The van der Waals surface area contributed by atoms with Gasteiger partial charge in [0.15, 0.2) is 11.6 Å². The number of carbonyl (C=O) groups is 2. The van der Waals surface area contributed by atoms with Gasteiger partial charge in [-0.1, -0.05) is 32.1 Å². The SMILES string of the molecule is C[C@]12C=CC(=O)C=C1C=C[C@@H]1[C@@H]2[C@@H](O)C[C@@]2(C)[C@H]1CC[C@]2(O)C(=O)COP(=O)(O)O. The molecule has 0 heterocycles. The van der Waals surface area contributed by atoms with Gasteiger partial charge in [0.05, 0.1) is 6.10 Å². The summed E-state index contributed by atoms with van der Waals surface area (Å²) in [5, 5.41) is 22.6. The minimum Gasteiger partial charge on any atom is -0.393 e. The fraction of sp³-hybridized carbons (Fsp3) is 0.619. The van der Waals surface area contributed by atoms with E-state index in [0.29, 0.717) is 6.42 Å². The molecule has 4 N–H and O–H groups in total. The Kier molecular flexibility index (Phi) is 4.94. The second-order valence-corrected chi connectivity index (χ2v) is 10.7. The summed E-state index contributed by atoms with van der Waals surface area (Å²) in [6.45, 7) is 2.87. The van der Waals surface area contributed by atoms with Crippen LogP contribution in [0.15, 0.2) is 36.0 Å². The monoisotopic (exact) mass is 438 g/mol. The molecule has 0 saturated heterocycles. The predicted octanol–water partition coefficient (Wildman–Crippen LogP) is 1.45. The lowest BCUT2D eigenvalue weighted by molar-refractivity contribution is -0.172. The molecule has 164 valence electrons. The van der Waals surface area contributed by atoms with Gasteiger partial charge in [0.25, 0.3) is 0 Å². The van der Waals surface area contributed by atoms with Crippen molar-refractivity contribution in [3.63, 3.8) is 0 Å². The highest BCUT2D eigenvalue weighted by Gasteiger charge is 2.67. The van der Waals surface area contributed by atoms with Crippen LogP contribution in [0.2, 0.25) is 0 Å². The number of phosphoric acid groups is 1. The third-order valence-corrected chi connectivity index (χ3v) is 8.50. The average Bonchev–Trinajstić information content (AvgIpc) is 2.91. The molecule has 30 heavy (non-hydrogen) atoms. The molecule has 0 radical (unpaired) electrons. The lowest BCUT2D eigenvalue weighted by Gasteiger charge is -2.57. The van der Waals surface area contributed by atoms with Crippen LogP contribution in [0.5, 0.6) is 0 Å². The third-order valence-electron chi connectivity index (χ3n) is 8.04. The molecule has 4 aliphatic rings. The number of ketones is 2. The van der Waals surface area contributed by atoms with Gasteiger partial charge in [-0.05, 0) is 48.8 Å². The van der Waals surface area contributed by atoms with Crippen LogP contribution in [0.3, 0.4) is 0 Å². The van der Waals surface area contributed by atoms with Gasteiger partial charge in [0.1, 0.15) is 12.2 Å². The molecule has 4 rings (SSSR count). The van der Waals surface area contributed by atoms with Crippen molar-refractivity contribution in [1.82, 2.24) is 0 Å². The highest BCUT2D eigenvalue weighted by atomic mass is 31.2. The number of fused-ring (bicyclic) bond motifs is 5. The summed E-state index contributed by atoms with van der Waals surface area (Å²) in [5.74, 6) is -1.32. The van der Waals surface area contributed by atoms with Crippen LogP contribution < -0.4 is 0 Å². The van der Waals surface area contributed by atoms with E-state index in [0.717, 1.165) is 5.57 Å². The number of allylic oxidation sites excluding steroid dienone is 6. The standard InChI is InChI=1S/C21H27O8P/c1-19-7-5-13(22)9-12(19)3-4-14-15-6-8-21(25,17(24)11-29-30(26,27)28)20(15,2)10-16(23)18(14)19/h3-5,7,9,14-16,18,23,25H,6,8,10-11H2,1-2H3,(H2,26,27,28)/t14-,15-,16-,18+,19-,20-,21-/m0/s1. The van der Waals surface area contributed by atoms with Gasteiger partial charge in [0.2, 0.25) is 0 Å². The second kappa shape index (κ2) is 6.79. The fourth-order valence-electron chi connectivity index (χ4n) is 6.51. The van der Waals surface area contributed by atoms with Crippen molar-refractivity contribution in [2.24, 2.45) is 28.6 Å². The summed E-state index contributed by atoms with van der Waals surface area (Å²) < 4.78 is 15.4. The number of aliphatic hydroxyl groups excluding tert-OH is 1. The van der Waals surface area contributed by atoms with Crippen LogP contribution in [0.4, 0.5) is 0 Å². The van der Waals surface area contributed by atoms with Gasteiger partial charge in [0, 0.05) is 16.7 Å². The summed E-state index contributed by atoms with van der Waals surface area (Å²) in [6.07, 6.45) is 8.81. The normalized spacial score (nSPS) is 44.9. The zero-order valence-electron chi connectivity index (χ0n) is 16.9. The van der Waals surface area contributed by atoms with E-state index in [1.54, 1.807) is 13.0 Å². The van der Waals surface area contributed by atoms with Crippen LogP contribution in [0.25, 0.3) is 0 Å². The highest BCUT2D eigenvalue weighted by molar-refractivity contribution is 7.46. The molecule has 4 aliphatic carbocycles. The van der Waals surface area contributed by atoms with Crippen LogP contribution in [-0.2, 0) is 18.7 Å². The van der Waals surface area contributed by atoms with Gasteiger partial charge in [-0.15, -0.1) is 0 Å². The first-order chi connectivity index (χ1) is 13.8. The van der Waals surface area contributed by atoms with Crippen molar-refractivity contribution in [3.8, 4) is 0 Å². The van der Waals surface area contributed by atoms with Crippen LogP contribution in [0.1, 0.15) is 33.1 Å².